The summed E-state index contributed by atoms with van der Waals surface area (Å²) in [6.07, 6.45) is 0. The van der Waals surface area contributed by atoms with Gasteiger partial charge in [-0.25, -0.2) is 4.39 Å². The average Bonchev–Trinajstić information content (AvgIpc) is 2.27. The molecule has 1 unspecified atom stereocenters. The highest BCUT2D eigenvalue weighted by Gasteiger charge is 2.10. The summed E-state index contributed by atoms with van der Waals surface area (Å²) in [4.78, 5) is 0. The number of halogens is 2. The zero-order chi connectivity index (χ0) is 13.8. The van der Waals surface area contributed by atoms with Gasteiger partial charge in [-0.05, 0) is 61.3 Å². The van der Waals surface area contributed by atoms with Crippen molar-refractivity contribution in [2.24, 2.45) is 0 Å². The van der Waals surface area contributed by atoms with E-state index in [0.29, 0.717) is 17.1 Å². The summed E-state index contributed by atoms with van der Waals surface area (Å²) in [6.45, 7) is 10.1. The molecule has 0 saturated carbocycles. The minimum Gasteiger partial charge on any atom is -0.311 e. The van der Waals surface area contributed by atoms with E-state index < -0.39 is 0 Å². The average molecular weight is 317 g/mol. The van der Waals surface area contributed by atoms with Crippen LogP contribution in [0.5, 0.6) is 0 Å². The molecule has 0 bridgehead atoms. The monoisotopic (exact) mass is 316 g/mol. The quantitative estimate of drug-likeness (QED) is 0.869. The highest BCUT2D eigenvalue weighted by atomic mass is 79.9. The normalized spacial score (nSPS) is 13.7. The van der Waals surface area contributed by atoms with Crippen LogP contribution in [0.15, 0.2) is 22.7 Å². The molecule has 0 aliphatic heterocycles. The number of nitrogens with one attached hydrogen (secondary N) is 2. The maximum atomic E-state index is 13.3. The molecule has 0 spiro atoms. The summed E-state index contributed by atoms with van der Waals surface area (Å²) in [6, 6.07) is 5.56. The smallest absolute Gasteiger partial charge is 0.137 e. The lowest BCUT2D eigenvalue weighted by Gasteiger charge is -2.24. The maximum Gasteiger partial charge on any atom is 0.137 e. The van der Waals surface area contributed by atoms with Gasteiger partial charge in [-0.3, -0.25) is 0 Å². The van der Waals surface area contributed by atoms with Crippen LogP contribution in [0.3, 0.4) is 0 Å². The molecule has 1 aromatic rings. The molecule has 18 heavy (non-hydrogen) atoms. The summed E-state index contributed by atoms with van der Waals surface area (Å²) in [5, 5.41) is 6.81. The third-order valence-electron chi connectivity index (χ3n) is 2.58. The minimum atomic E-state index is -0.213. The zero-order valence-electron chi connectivity index (χ0n) is 11.5. The lowest BCUT2D eigenvalue weighted by Crippen LogP contribution is -2.44. The van der Waals surface area contributed by atoms with Crippen molar-refractivity contribution >= 4 is 15.9 Å². The molecule has 0 saturated heterocycles. The van der Waals surface area contributed by atoms with Crippen LogP contribution in [0.4, 0.5) is 4.39 Å². The van der Waals surface area contributed by atoms with E-state index in [0.717, 1.165) is 12.1 Å². The van der Waals surface area contributed by atoms with Crippen LogP contribution in [0.1, 0.15) is 33.3 Å². The van der Waals surface area contributed by atoms with E-state index in [-0.39, 0.29) is 11.4 Å². The van der Waals surface area contributed by atoms with Gasteiger partial charge in [-0.2, -0.15) is 0 Å². The second-order valence-corrected chi connectivity index (χ2v) is 6.52. The topological polar surface area (TPSA) is 24.1 Å². The van der Waals surface area contributed by atoms with Gasteiger partial charge in [0, 0.05) is 24.7 Å². The number of rotatable bonds is 5. The van der Waals surface area contributed by atoms with Gasteiger partial charge in [0.25, 0.3) is 0 Å². The molecule has 0 aliphatic carbocycles. The van der Waals surface area contributed by atoms with Crippen molar-refractivity contribution in [1.29, 1.82) is 0 Å². The Kier molecular flexibility index (Phi) is 5.76. The Morgan fingerprint density at radius 3 is 2.56 bits per heavy atom. The van der Waals surface area contributed by atoms with Crippen molar-refractivity contribution < 1.29 is 4.39 Å². The fraction of sp³-hybridized carbons (Fsp3) is 0.571. The van der Waals surface area contributed by atoms with Crippen molar-refractivity contribution in [1.82, 2.24) is 10.6 Å². The Balaban J connectivity index is 2.38. The minimum absolute atomic E-state index is 0.125. The van der Waals surface area contributed by atoms with E-state index in [1.807, 2.05) is 6.07 Å². The van der Waals surface area contributed by atoms with Gasteiger partial charge < -0.3 is 10.6 Å². The Bertz CT molecular complexity index is 388. The first-order chi connectivity index (χ1) is 8.28. The third kappa shape index (κ3) is 5.94. The first kappa shape index (κ1) is 15.6. The molecule has 0 aromatic heterocycles. The van der Waals surface area contributed by atoms with Crippen molar-refractivity contribution in [2.45, 2.75) is 45.8 Å². The third-order valence-corrected chi connectivity index (χ3v) is 3.22. The van der Waals surface area contributed by atoms with Crippen LogP contribution in [0, 0.1) is 5.82 Å². The molecule has 1 aromatic carbocycles. The molecule has 1 atom stereocenters. The largest absolute Gasteiger partial charge is 0.311 e. The van der Waals surface area contributed by atoms with Crippen molar-refractivity contribution in [2.75, 3.05) is 6.54 Å². The molecular weight excluding hydrogens is 295 g/mol. The zero-order valence-corrected chi connectivity index (χ0v) is 13.1. The lowest BCUT2D eigenvalue weighted by atomic mass is 10.1. The fourth-order valence-corrected chi connectivity index (χ4v) is 1.72. The molecule has 0 aliphatic rings. The van der Waals surface area contributed by atoms with Gasteiger partial charge in [0.15, 0.2) is 0 Å². The molecule has 1 rings (SSSR count). The van der Waals surface area contributed by atoms with Crippen molar-refractivity contribution in [3.8, 4) is 0 Å². The molecule has 2 nitrogen and oxygen atoms in total. The van der Waals surface area contributed by atoms with E-state index in [9.17, 15) is 4.39 Å². The first-order valence-corrected chi connectivity index (χ1v) is 6.99. The maximum absolute atomic E-state index is 13.3. The fourth-order valence-electron chi connectivity index (χ4n) is 1.47. The number of hydrogen-bond donors (Lipinski definition) is 2. The number of benzene rings is 1. The van der Waals surface area contributed by atoms with E-state index >= 15 is 0 Å². The second-order valence-electron chi connectivity index (χ2n) is 5.66. The molecule has 0 fully saturated rings. The summed E-state index contributed by atoms with van der Waals surface area (Å²) < 4.78 is 13.8. The van der Waals surface area contributed by atoms with Gasteiger partial charge in [0.1, 0.15) is 5.82 Å². The Morgan fingerprint density at radius 2 is 2.00 bits per heavy atom. The van der Waals surface area contributed by atoms with Gasteiger partial charge in [0.2, 0.25) is 0 Å². The molecule has 102 valence electrons. The number of hydrogen-bond acceptors (Lipinski definition) is 2. The summed E-state index contributed by atoms with van der Waals surface area (Å²) in [5.41, 5.74) is 1.08. The SMILES string of the molecule is CC(CNC(C)(C)C)NCc1ccc(Br)c(F)c1. The van der Waals surface area contributed by atoms with Crippen molar-refractivity contribution in [3.63, 3.8) is 0 Å². The Hall–Kier alpha value is -0.450. The van der Waals surface area contributed by atoms with E-state index in [1.54, 1.807) is 12.1 Å². The highest BCUT2D eigenvalue weighted by Crippen LogP contribution is 2.16. The second kappa shape index (κ2) is 6.64. The first-order valence-electron chi connectivity index (χ1n) is 6.20. The Labute approximate surface area is 117 Å². The molecule has 4 heteroatoms. The van der Waals surface area contributed by atoms with Gasteiger partial charge in [-0.1, -0.05) is 6.07 Å². The summed E-state index contributed by atoms with van der Waals surface area (Å²) >= 11 is 3.15. The molecule has 2 N–H and O–H groups in total. The van der Waals surface area contributed by atoms with Gasteiger partial charge in [0.05, 0.1) is 4.47 Å². The van der Waals surface area contributed by atoms with E-state index in [1.165, 1.54) is 0 Å². The van der Waals surface area contributed by atoms with Crippen LogP contribution in [-0.2, 0) is 6.54 Å². The van der Waals surface area contributed by atoms with Gasteiger partial charge >= 0.3 is 0 Å². The lowest BCUT2D eigenvalue weighted by molar-refractivity contribution is 0.387. The van der Waals surface area contributed by atoms with Gasteiger partial charge in [-0.15, -0.1) is 0 Å². The molecule has 0 amide bonds. The summed E-state index contributed by atoms with van der Waals surface area (Å²) in [5.74, 6) is -0.213. The van der Waals surface area contributed by atoms with Crippen LogP contribution in [0.25, 0.3) is 0 Å². The van der Waals surface area contributed by atoms with Crippen LogP contribution in [-0.4, -0.2) is 18.1 Å². The summed E-state index contributed by atoms with van der Waals surface area (Å²) in [7, 11) is 0. The van der Waals surface area contributed by atoms with Crippen molar-refractivity contribution in [3.05, 3.63) is 34.1 Å². The molecule has 0 radical (unpaired) electrons. The predicted molar refractivity (Wildman–Crippen MR) is 78.2 cm³/mol. The highest BCUT2D eigenvalue weighted by molar-refractivity contribution is 9.10. The van der Waals surface area contributed by atoms with Crippen LogP contribution in [0.2, 0.25) is 0 Å². The molecular formula is C14H22BrFN2. The predicted octanol–water partition coefficient (Wildman–Crippen LogP) is 3.45. The Morgan fingerprint density at radius 1 is 1.33 bits per heavy atom. The van der Waals surface area contributed by atoms with Crippen LogP contribution >= 0.6 is 15.9 Å². The molecule has 0 heterocycles. The van der Waals surface area contributed by atoms with E-state index in [2.05, 4.69) is 54.3 Å². The van der Waals surface area contributed by atoms with Crippen LogP contribution < -0.4 is 10.6 Å². The van der Waals surface area contributed by atoms with E-state index in [4.69, 9.17) is 0 Å². The standard InChI is InChI=1S/C14H22BrFN2/c1-10(8-18-14(2,3)4)17-9-11-5-6-12(15)13(16)7-11/h5-7,10,17-18H,8-9H2,1-4H3.